The maximum Gasteiger partial charge on any atom is 0.258 e. The molecule has 2 aromatic carbocycles. The van der Waals surface area contributed by atoms with Gasteiger partial charge in [0, 0.05) is 18.3 Å². The molecule has 0 saturated heterocycles. The number of amides is 1. The Hall–Kier alpha value is -2.80. The van der Waals surface area contributed by atoms with Crippen LogP contribution in [0.15, 0.2) is 42.5 Å². The minimum Gasteiger partial charge on any atom is -0.508 e. The van der Waals surface area contributed by atoms with E-state index in [1.165, 1.54) is 11.0 Å². The second-order valence-corrected chi connectivity index (χ2v) is 4.52. The van der Waals surface area contributed by atoms with Crippen LogP contribution < -0.4 is 4.90 Å². The average molecular weight is 266 g/mol. The van der Waals surface area contributed by atoms with Gasteiger partial charge in [-0.15, -0.1) is 0 Å². The lowest BCUT2D eigenvalue weighted by Gasteiger charge is -2.17. The van der Waals surface area contributed by atoms with Crippen LogP contribution in [0, 0.1) is 18.3 Å². The number of phenols is 1. The number of nitriles is 1. The molecule has 0 saturated carbocycles. The number of benzene rings is 2. The number of aromatic hydroxyl groups is 1. The van der Waals surface area contributed by atoms with Crippen LogP contribution in [0.1, 0.15) is 21.5 Å². The molecule has 0 aliphatic rings. The third-order valence-corrected chi connectivity index (χ3v) is 3.13. The van der Waals surface area contributed by atoms with E-state index in [2.05, 4.69) is 0 Å². The van der Waals surface area contributed by atoms with Crippen LogP contribution in [0.2, 0.25) is 0 Å². The van der Waals surface area contributed by atoms with Gasteiger partial charge in [-0.2, -0.15) is 5.26 Å². The summed E-state index contributed by atoms with van der Waals surface area (Å²) in [5.41, 5.74) is 2.42. The molecule has 0 aliphatic carbocycles. The van der Waals surface area contributed by atoms with Crippen molar-refractivity contribution in [3.8, 4) is 11.8 Å². The molecule has 4 nitrogen and oxygen atoms in total. The van der Waals surface area contributed by atoms with E-state index in [1.807, 2.05) is 6.07 Å². The van der Waals surface area contributed by atoms with Crippen molar-refractivity contribution < 1.29 is 9.90 Å². The van der Waals surface area contributed by atoms with Gasteiger partial charge in [-0.1, -0.05) is 0 Å². The summed E-state index contributed by atoms with van der Waals surface area (Å²) in [6.45, 7) is 1.74. The first kappa shape index (κ1) is 13.6. The molecule has 0 spiro atoms. The van der Waals surface area contributed by atoms with Crippen LogP contribution in [0.25, 0.3) is 0 Å². The van der Waals surface area contributed by atoms with Crippen LogP contribution in [0.5, 0.6) is 5.75 Å². The molecule has 1 N–H and O–H groups in total. The van der Waals surface area contributed by atoms with Crippen molar-refractivity contribution in [2.75, 3.05) is 11.9 Å². The number of carbonyl (C=O) groups is 1. The van der Waals surface area contributed by atoms with Crippen molar-refractivity contribution in [3.63, 3.8) is 0 Å². The predicted octanol–water partition coefficient (Wildman–Crippen LogP) is 2.85. The van der Waals surface area contributed by atoms with Gasteiger partial charge in [0.15, 0.2) is 0 Å². The molecule has 0 bridgehead atoms. The fourth-order valence-electron chi connectivity index (χ4n) is 1.86. The van der Waals surface area contributed by atoms with Crippen molar-refractivity contribution in [2.45, 2.75) is 6.92 Å². The fourth-order valence-corrected chi connectivity index (χ4v) is 1.86. The predicted molar refractivity (Wildman–Crippen MR) is 76.7 cm³/mol. The minimum absolute atomic E-state index is 0.169. The van der Waals surface area contributed by atoms with Crippen molar-refractivity contribution in [3.05, 3.63) is 59.2 Å². The van der Waals surface area contributed by atoms with Gasteiger partial charge in [-0.3, -0.25) is 4.79 Å². The normalized spacial score (nSPS) is 9.85. The number of hydrogen-bond donors (Lipinski definition) is 1. The zero-order valence-corrected chi connectivity index (χ0v) is 11.3. The second-order valence-electron chi connectivity index (χ2n) is 4.52. The average Bonchev–Trinajstić information content (AvgIpc) is 2.48. The Morgan fingerprint density at radius 1 is 1.20 bits per heavy atom. The standard InChI is InChI=1S/C16H14N2O2/c1-11-9-13(5-8-15(11)19)16(20)18(2)14-6-3-12(10-17)4-7-14/h3-9,19H,1-2H3. The van der Waals surface area contributed by atoms with Crippen molar-refractivity contribution >= 4 is 11.6 Å². The highest BCUT2D eigenvalue weighted by Crippen LogP contribution is 2.20. The summed E-state index contributed by atoms with van der Waals surface area (Å²) in [5, 5.41) is 18.2. The molecular weight excluding hydrogens is 252 g/mol. The molecule has 0 radical (unpaired) electrons. The highest BCUT2D eigenvalue weighted by molar-refractivity contribution is 6.05. The van der Waals surface area contributed by atoms with Crippen LogP contribution in [-0.2, 0) is 0 Å². The third-order valence-electron chi connectivity index (χ3n) is 3.13. The number of nitrogens with zero attached hydrogens (tertiary/aromatic N) is 2. The Balaban J connectivity index is 2.27. The molecular formula is C16H14N2O2. The first-order valence-corrected chi connectivity index (χ1v) is 6.11. The van der Waals surface area contributed by atoms with Crippen molar-refractivity contribution in [1.82, 2.24) is 0 Å². The van der Waals surface area contributed by atoms with E-state index in [0.717, 1.165) is 0 Å². The van der Waals surface area contributed by atoms with Gasteiger partial charge in [0.25, 0.3) is 5.91 Å². The highest BCUT2D eigenvalue weighted by atomic mass is 16.3. The third kappa shape index (κ3) is 2.62. The van der Waals surface area contributed by atoms with Crippen LogP contribution in [-0.4, -0.2) is 18.1 Å². The number of hydrogen-bond acceptors (Lipinski definition) is 3. The summed E-state index contributed by atoms with van der Waals surface area (Å²) in [7, 11) is 1.67. The summed E-state index contributed by atoms with van der Waals surface area (Å²) in [5.74, 6) is 0.000355. The lowest BCUT2D eigenvalue weighted by molar-refractivity contribution is 0.0993. The molecule has 4 heteroatoms. The largest absolute Gasteiger partial charge is 0.508 e. The molecule has 2 aromatic rings. The van der Waals surface area contributed by atoms with E-state index >= 15 is 0 Å². The molecule has 0 aromatic heterocycles. The smallest absolute Gasteiger partial charge is 0.258 e. The Morgan fingerprint density at radius 3 is 2.40 bits per heavy atom. The molecule has 0 aliphatic heterocycles. The number of anilines is 1. The molecule has 100 valence electrons. The Bertz CT molecular complexity index is 685. The summed E-state index contributed by atoms with van der Waals surface area (Å²) in [4.78, 5) is 13.8. The van der Waals surface area contributed by atoms with Crippen molar-refractivity contribution in [2.24, 2.45) is 0 Å². The molecule has 0 fully saturated rings. The molecule has 0 heterocycles. The summed E-state index contributed by atoms with van der Waals surface area (Å²) in [6.07, 6.45) is 0. The second kappa shape index (κ2) is 5.45. The highest BCUT2D eigenvalue weighted by Gasteiger charge is 2.14. The molecule has 1 amide bonds. The lowest BCUT2D eigenvalue weighted by Crippen LogP contribution is -2.26. The van der Waals surface area contributed by atoms with Gasteiger partial charge in [-0.05, 0) is 55.0 Å². The minimum atomic E-state index is -0.169. The number of rotatable bonds is 2. The van der Waals surface area contributed by atoms with Gasteiger partial charge in [0.1, 0.15) is 5.75 Å². The summed E-state index contributed by atoms with van der Waals surface area (Å²) in [6, 6.07) is 13.6. The van der Waals surface area contributed by atoms with E-state index in [9.17, 15) is 9.90 Å². The summed E-state index contributed by atoms with van der Waals surface area (Å²) < 4.78 is 0. The molecule has 0 atom stereocenters. The first-order valence-electron chi connectivity index (χ1n) is 6.11. The van der Waals surface area contributed by atoms with Gasteiger partial charge in [0.2, 0.25) is 0 Å². The van der Waals surface area contributed by atoms with E-state index in [4.69, 9.17) is 5.26 Å². The van der Waals surface area contributed by atoms with Crippen LogP contribution in [0.3, 0.4) is 0 Å². The lowest BCUT2D eigenvalue weighted by atomic mass is 10.1. The van der Waals surface area contributed by atoms with E-state index in [0.29, 0.717) is 22.4 Å². The number of aryl methyl sites for hydroxylation is 1. The van der Waals surface area contributed by atoms with Crippen LogP contribution in [0.4, 0.5) is 5.69 Å². The van der Waals surface area contributed by atoms with E-state index < -0.39 is 0 Å². The quantitative estimate of drug-likeness (QED) is 0.909. The zero-order chi connectivity index (χ0) is 14.7. The Labute approximate surface area is 117 Å². The number of carbonyl (C=O) groups excluding carboxylic acids is 1. The van der Waals surface area contributed by atoms with Crippen LogP contribution >= 0.6 is 0 Å². The molecule has 2 rings (SSSR count). The van der Waals surface area contributed by atoms with Gasteiger partial charge in [0.05, 0.1) is 11.6 Å². The maximum atomic E-state index is 12.3. The molecule has 20 heavy (non-hydrogen) atoms. The van der Waals surface area contributed by atoms with E-state index in [1.54, 1.807) is 50.4 Å². The SMILES string of the molecule is Cc1cc(C(=O)N(C)c2ccc(C#N)cc2)ccc1O. The Morgan fingerprint density at radius 2 is 1.85 bits per heavy atom. The Kier molecular flexibility index (Phi) is 3.72. The maximum absolute atomic E-state index is 12.3. The zero-order valence-electron chi connectivity index (χ0n) is 11.3. The summed E-state index contributed by atoms with van der Waals surface area (Å²) >= 11 is 0. The topological polar surface area (TPSA) is 64.3 Å². The van der Waals surface area contributed by atoms with Gasteiger partial charge in [-0.25, -0.2) is 0 Å². The van der Waals surface area contributed by atoms with Gasteiger partial charge < -0.3 is 10.0 Å². The fraction of sp³-hybridized carbons (Fsp3) is 0.125. The van der Waals surface area contributed by atoms with Gasteiger partial charge >= 0.3 is 0 Å². The number of phenolic OH excluding ortho intramolecular Hbond substituents is 1. The molecule has 0 unspecified atom stereocenters. The first-order chi connectivity index (χ1) is 9.52. The van der Waals surface area contributed by atoms with Crippen molar-refractivity contribution in [1.29, 1.82) is 5.26 Å². The monoisotopic (exact) mass is 266 g/mol. The van der Waals surface area contributed by atoms with E-state index in [-0.39, 0.29) is 11.7 Å².